The van der Waals surface area contributed by atoms with Crippen LogP contribution in [0.4, 0.5) is 0 Å². The Morgan fingerprint density at radius 1 is 1.45 bits per heavy atom. The lowest BCUT2D eigenvalue weighted by atomic mass is 9.84. The molecule has 0 aliphatic heterocycles. The highest BCUT2D eigenvalue weighted by Gasteiger charge is 2.19. The summed E-state index contributed by atoms with van der Waals surface area (Å²) in [4.78, 5) is 0. The van der Waals surface area contributed by atoms with E-state index in [-0.39, 0.29) is 6.10 Å². The number of hydrogen-bond donors (Lipinski definition) is 1. The molecule has 1 heteroatoms. The van der Waals surface area contributed by atoms with Gasteiger partial charge in [0, 0.05) is 0 Å². The summed E-state index contributed by atoms with van der Waals surface area (Å²) in [7, 11) is 0. The van der Waals surface area contributed by atoms with E-state index < -0.39 is 0 Å². The van der Waals surface area contributed by atoms with Gasteiger partial charge in [0.15, 0.2) is 0 Å². The molecule has 1 radical (unpaired) electrons. The average Bonchev–Trinajstić information content (AvgIpc) is 1.98. The second kappa shape index (κ2) is 3.72. The Morgan fingerprint density at radius 3 is 2.82 bits per heavy atom. The summed E-state index contributed by atoms with van der Waals surface area (Å²) in [5, 5.41) is 9.32. The molecule has 1 aliphatic rings. The van der Waals surface area contributed by atoms with E-state index in [1.807, 2.05) is 6.08 Å². The maximum absolute atomic E-state index is 9.32. The van der Waals surface area contributed by atoms with Crippen LogP contribution in [0.5, 0.6) is 0 Å². The smallest absolute Gasteiger partial charge is 0.0577 e. The van der Waals surface area contributed by atoms with Crippen molar-refractivity contribution < 1.29 is 5.11 Å². The minimum absolute atomic E-state index is 0.154. The van der Waals surface area contributed by atoms with Gasteiger partial charge in [0.1, 0.15) is 0 Å². The number of hydrogen-bond acceptors (Lipinski definition) is 1. The first-order chi connectivity index (χ1) is 5.24. The summed E-state index contributed by atoms with van der Waals surface area (Å²) in [6, 6.07) is 0. The van der Waals surface area contributed by atoms with Crippen LogP contribution < -0.4 is 0 Å². The Balaban J connectivity index is 2.61. The summed E-state index contributed by atoms with van der Waals surface area (Å²) in [6.07, 6.45) is 6.26. The molecule has 1 N–H and O–H groups in total. The zero-order valence-corrected chi connectivity index (χ0v) is 6.79. The van der Waals surface area contributed by atoms with Gasteiger partial charge >= 0.3 is 0 Å². The van der Waals surface area contributed by atoms with Crippen molar-refractivity contribution in [3.05, 3.63) is 31.2 Å². The van der Waals surface area contributed by atoms with Crippen LogP contribution in [0.15, 0.2) is 24.3 Å². The molecule has 61 valence electrons. The third kappa shape index (κ3) is 2.19. The van der Waals surface area contributed by atoms with Crippen LogP contribution in [0.2, 0.25) is 0 Å². The molecule has 0 aromatic heterocycles. The lowest BCUT2D eigenvalue weighted by Gasteiger charge is -2.25. The van der Waals surface area contributed by atoms with Crippen molar-refractivity contribution in [1.82, 2.24) is 0 Å². The van der Waals surface area contributed by atoms with E-state index in [0.29, 0.717) is 5.92 Å². The first kappa shape index (κ1) is 8.54. The van der Waals surface area contributed by atoms with Crippen LogP contribution in [0.25, 0.3) is 0 Å². The fourth-order valence-corrected chi connectivity index (χ4v) is 1.48. The molecule has 0 saturated heterocycles. The van der Waals surface area contributed by atoms with E-state index in [1.165, 1.54) is 5.57 Å². The summed E-state index contributed by atoms with van der Waals surface area (Å²) < 4.78 is 0. The zero-order chi connectivity index (χ0) is 8.27. The number of rotatable bonds is 1. The molecule has 1 fully saturated rings. The maximum Gasteiger partial charge on any atom is 0.0577 e. The lowest BCUT2D eigenvalue weighted by Crippen LogP contribution is -2.19. The van der Waals surface area contributed by atoms with Crippen LogP contribution in [-0.2, 0) is 0 Å². The molecule has 11 heavy (non-hydrogen) atoms. The maximum atomic E-state index is 9.32. The van der Waals surface area contributed by atoms with Crippen molar-refractivity contribution >= 4 is 0 Å². The van der Waals surface area contributed by atoms with E-state index in [0.717, 1.165) is 19.3 Å². The number of aliphatic hydroxyl groups is 1. The molecule has 2 atom stereocenters. The largest absolute Gasteiger partial charge is 0.393 e. The molecule has 0 bridgehead atoms. The highest BCUT2D eigenvalue weighted by Crippen LogP contribution is 2.28. The molecule has 2 unspecified atom stereocenters. The normalized spacial score (nSPS) is 35.6. The third-order valence-corrected chi connectivity index (χ3v) is 2.18. The van der Waals surface area contributed by atoms with Crippen LogP contribution in [-0.4, -0.2) is 11.2 Å². The van der Waals surface area contributed by atoms with Crippen LogP contribution in [0.3, 0.4) is 0 Å². The first-order valence-electron chi connectivity index (χ1n) is 4.06. The van der Waals surface area contributed by atoms with Gasteiger partial charge in [0.25, 0.3) is 0 Å². The molecule has 1 nitrogen and oxygen atoms in total. The van der Waals surface area contributed by atoms with E-state index in [1.54, 1.807) is 6.08 Å². The summed E-state index contributed by atoms with van der Waals surface area (Å²) >= 11 is 0. The second-order valence-electron chi connectivity index (χ2n) is 3.11. The van der Waals surface area contributed by atoms with Crippen molar-refractivity contribution in [1.29, 1.82) is 0 Å². The Morgan fingerprint density at radius 2 is 2.18 bits per heavy atom. The van der Waals surface area contributed by atoms with Gasteiger partial charge in [-0.1, -0.05) is 24.3 Å². The molecular weight excluding hydrogens is 136 g/mol. The zero-order valence-electron chi connectivity index (χ0n) is 6.79. The van der Waals surface area contributed by atoms with Crippen molar-refractivity contribution in [3.63, 3.8) is 0 Å². The Kier molecular flexibility index (Phi) is 2.89. The average molecular weight is 151 g/mol. The highest BCUT2D eigenvalue weighted by molar-refractivity contribution is 5.17. The lowest BCUT2D eigenvalue weighted by molar-refractivity contribution is 0.141. The monoisotopic (exact) mass is 151 g/mol. The van der Waals surface area contributed by atoms with Crippen molar-refractivity contribution in [2.24, 2.45) is 5.92 Å². The molecule has 0 amide bonds. The molecule has 1 aliphatic carbocycles. The summed E-state index contributed by atoms with van der Waals surface area (Å²) in [5.41, 5.74) is 1.23. The van der Waals surface area contributed by atoms with Gasteiger partial charge in [-0.15, -0.1) is 0 Å². The quantitative estimate of drug-likeness (QED) is 0.608. The standard InChI is InChI=1S/C10H15O/c1-3-4-9-7-10(11)6-5-8(9)2/h3-4,8,10-11H,1-2,5-7H2/b9-4-. The molecule has 0 spiro atoms. The molecule has 1 rings (SSSR count). The van der Waals surface area contributed by atoms with E-state index in [2.05, 4.69) is 13.5 Å². The molecule has 1 saturated carbocycles. The van der Waals surface area contributed by atoms with Crippen LogP contribution >= 0.6 is 0 Å². The Bertz CT molecular complexity index is 170. The fourth-order valence-electron chi connectivity index (χ4n) is 1.48. The van der Waals surface area contributed by atoms with E-state index in [9.17, 15) is 5.11 Å². The summed E-state index contributed by atoms with van der Waals surface area (Å²) in [6.45, 7) is 7.63. The molecule has 0 aromatic rings. The predicted molar refractivity (Wildman–Crippen MR) is 47.0 cm³/mol. The molecule has 0 aromatic carbocycles. The van der Waals surface area contributed by atoms with E-state index in [4.69, 9.17) is 0 Å². The molecule has 0 heterocycles. The van der Waals surface area contributed by atoms with Crippen molar-refractivity contribution in [2.75, 3.05) is 0 Å². The first-order valence-corrected chi connectivity index (χ1v) is 4.06. The van der Waals surface area contributed by atoms with E-state index >= 15 is 0 Å². The fraction of sp³-hybridized carbons (Fsp3) is 0.500. The second-order valence-corrected chi connectivity index (χ2v) is 3.11. The predicted octanol–water partition coefficient (Wildman–Crippen LogP) is 2.09. The van der Waals surface area contributed by atoms with Gasteiger partial charge in [-0.2, -0.15) is 0 Å². The summed E-state index contributed by atoms with van der Waals surface area (Å²) in [5.74, 6) is 0.386. The van der Waals surface area contributed by atoms with Gasteiger partial charge in [0.2, 0.25) is 0 Å². The molecular formula is C10H15O. The van der Waals surface area contributed by atoms with Gasteiger partial charge in [-0.3, -0.25) is 0 Å². The topological polar surface area (TPSA) is 20.2 Å². The highest BCUT2D eigenvalue weighted by atomic mass is 16.3. The van der Waals surface area contributed by atoms with Crippen molar-refractivity contribution in [2.45, 2.75) is 25.4 Å². The SMILES string of the molecule is [CH2]C1CCC(O)C/C1=C/C=C. The minimum Gasteiger partial charge on any atom is -0.393 e. The Hall–Kier alpha value is -0.560. The number of aliphatic hydroxyl groups excluding tert-OH is 1. The van der Waals surface area contributed by atoms with Gasteiger partial charge < -0.3 is 5.11 Å². The third-order valence-electron chi connectivity index (χ3n) is 2.18. The van der Waals surface area contributed by atoms with Gasteiger partial charge in [-0.25, -0.2) is 0 Å². The van der Waals surface area contributed by atoms with Gasteiger partial charge in [0.05, 0.1) is 6.10 Å². The van der Waals surface area contributed by atoms with Gasteiger partial charge in [-0.05, 0) is 32.1 Å². The Labute approximate surface area is 68.4 Å². The van der Waals surface area contributed by atoms with Crippen molar-refractivity contribution in [3.8, 4) is 0 Å². The van der Waals surface area contributed by atoms with Crippen LogP contribution in [0, 0.1) is 12.8 Å². The number of allylic oxidation sites excluding steroid dienone is 2. The minimum atomic E-state index is -0.154. The van der Waals surface area contributed by atoms with Crippen LogP contribution in [0.1, 0.15) is 19.3 Å².